The van der Waals surface area contributed by atoms with Gasteiger partial charge in [-0.1, -0.05) is 36.2 Å². The summed E-state index contributed by atoms with van der Waals surface area (Å²) in [4.78, 5) is 0. The molecule has 0 aliphatic rings. The Labute approximate surface area is 117 Å². The van der Waals surface area contributed by atoms with Gasteiger partial charge in [0.25, 0.3) is 0 Å². The van der Waals surface area contributed by atoms with Crippen LogP contribution in [-0.2, 0) is 15.6 Å². The van der Waals surface area contributed by atoms with Crippen LogP contribution in [0.25, 0.3) is 0 Å². The summed E-state index contributed by atoms with van der Waals surface area (Å²) in [5.41, 5.74) is 3.12. The van der Waals surface area contributed by atoms with Crippen LogP contribution >= 0.6 is 0 Å². The van der Waals surface area contributed by atoms with Crippen molar-refractivity contribution in [2.24, 2.45) is 0 Å². The summed E-state index contributed by atoms with van der Waals surface area (Å²) in [5, 5.41) is 3.22. The van der Waals surface area contributed by atoms with Crippen LogP contribution in [0.3, 0.4) is 0 Å². The van der Waals surface area contributed by atoms with Gasteiger partial charge in [0.1, 0.15) is 0 Å². The monoisotopic (exact) mass is 283 g/mol. The van der Waals surface area contributed by atoms with E-state index >= 15 is 0 Å². The molecule has 0 bridgehead atoms. The van der Waals surface area contributed by atoms with Crippen molar-refractivity contribution >= 4 is 9.84 Å². The van der Waals surface area contributed by atoms with E-state index in [0.717, 1.165) is 29.7 Å². The van der Waals surface area contributed by atoms with Crippen LogP contribution in [0.2, 0.25) is 0 Å². The van der Waals surface area contributed by atoms with Crippen LogP contribution in [0, 0.1) is 13.8 Å². The first kappa shape index (κ1) is 16.2. The molecular formula is C15H25NO2S. The first-order valence-corrected chi connectivity index (χ1v) is 8.65. The molecule has 1 atom stereocenters. The van der Waals surface area contributed by atoms with Gasteiger partial charge in [0.15, 0.2) is 9.84 Å². The van der Waals surface area contributed by atoms with E-state index in [0.29, 0.717) is 0 Å². The maximum Gasteiger partial charge on any atom is 0.155 e. The minimum atomic E-state index is -3.06. The fourth-order valence-electron chi connectivity index (χ4n) is 2.30. The van der Waals surface area contributed by atoms with Gasteiger partial charge in [-0.25, -0.2) is 8.42 Å². The van der Waals surface area contributed by atoms with E-state index in [2.05, 4.69) is 18.3 Å². The molecule has 0 saturated heterocycles. The minimum Gasteiger partial charge on any atom is -0.313 e. The average Bonchev–Trinajstić information content (AvgIpc) is 2.23. The van der Waals surface area contributed by atoms with Crippen molar-refractivity contribution < 1.29 is 8.42 Å². The zero-order chi connectivity index (χ0) is 14.5. The Bertz CT molecular complexity index is 489. The highest BCUT2D eigenvalue weighted by Crippen LogP contribution is 2.13. The van der Waals surface area contributed by atoms with Gasteiger partial charge < -0.3 is 5.32 Å². The van der Waals surface area contributed by atoms with E-state index in [-0.39, 0.29) is 17.5 Å². The Morgan fingerprint density at radius 3 is 2.26 bits per heavy atom. The number of rotatable bonds is 7. The van der Waals surface area contributed by atoms with E-state index in [1.807, 2.05) is 32.9 Å². The number of benzene rings is 1. The van der Waals surface area contributed by atoms with Crippen molar-refractivity contribution in [3.63, 3.8) is 0 Å². The predicted molar refractivity (Wildman–Crippen MR) is 81.2 cm³/mol. The normalized spacial score (nSPS) is 13.5. The summed E-state index contributed by atoms with van der Waals surface area (Å²) in [6.07, 6.45) is 1.02. The van der Waals surface area contributed by atoms with Crippen LogP contribution in [0.4, 0.5) is 0 Å². The van der Waals surface area contributed by atoms with Gasteiger partial charge in [0.05, 0.1) is 11.5 Å². The smallest absolute Gasteiger partial charge is 0.155 e. The van der Waals surface area contributed by atoms with Gasteiger partial charge in [-0.2, -0.15) is 0 Å². The summed E-state index contributed by atoms with van der Waals surface area (Å²) in [6, 6.07) is 5.97. The van der Waals surface area contributed by atoms with Gasteiger partial charge in [-0.05, 0) is 39.3 Å². The Morgan fingerprint density at radius 1 is 1.16 bits per heavy atom. The van der Waals surface area contributed by atoms with Crippen molar-refractivity contribution in [1.29, 1.82) is 0 Å². The molecule has 0 radical (unpaired) electrons. The number of aryl methyl sites for hydroxylation is 2. The highest BCUT2D eigenvalue weighted by Gasteiger charge is 2.16. The lowest BCUT2D eigenvalue weighted by atomic mass is 10.1. The molecule has 1 aromatic carbocycles. The molecule has 3 nitrogen and oxygen atoms in total. The summed E-state index contributed by atoms with van der Waals surface area (Å²) in [6.45, 7) is 8.85. The minimum absolute atomic E-state index is 0.0101. The molecular weight excluding hydrogens is 258 g/mol. The molecule has 0 fully saturated rings. The van der Waals surface area contributed by atoms with Crippen molar-refractivity contribution in [1.82, 2.24) is 5.32 Å². The molecule has 1 rings (SSSR count). The first-order valence-electron chi connectivity index (χ1n) is 6.83. The van der Waals surface area contributed by atoms with Crippen molar-refractivity contribution in [3.05, 3.63) is 34.9 Å². The van der Waals surface area contributed by atoms with Crippen LogP contribution < -0.4 is 5.32 Å². The fourth-order valence-corrected chi connectivity index (χ4v) is 3.97. The lowest BCUT2D eigenvalue weighted by molar-refractivity contribution is 0.554. The molecule has 0 saturated carbocycles. The van der Waals surface area contributed by atoms with Crippen LogP contribution in [0.15, 0.2) is 18.2 Å². The van der Waals surface area contributed by atoms with Gasteiger partial charge in [-0.15, -0.1) is 0 Å². The maximum atomic E-state index is 12.2. The molecule has 0 aliphatic heterocycles. The van der Waals surface area contributed by atoms with Crippen LogP contribution in [-0.4, -0.2) is 26.8 Å². The van der Waals surface area contributed by atoms with Crippen LogP contribution in [0.1, 0.15) is 37.0 Å². The van der Waals surface area contributed by atoms with Crippen LogP contribution in [0.5, 0.6) is 0 Å². The van der Waals surface area contributed by atoms with Gasteiger partial charge in [-0.3, -0.25) is 0 Å². The Balaban J connectivity index is 2.68. The molecule has 1 N–H and O–H groups in total. The lowest BCUT2D eigenvalue weighted by Gasteiger charge is -2.14. The number of nitrogens with one attached hydrogen (secondary N) is 1. The topological polar surface area (TPSA) is 46.2 Å². The second-order valence-electron chi connectivity index (χ2n) is 5.41. The molecule has 0 aromatic heterocycles. The Morgan fingerprint density at radius 2 is 1.74 bits per heavy atom. The third-order valence-corrected chi connectivity index (χ3v) is 4.70. The fraction of sp³-hybridized carbons (Fsp3) is 0.600. The number of sulfone groups is 1. The second-order valence-corrected chi connectivity index (χ2v) is 7.51. The van der Waals surface area contributed by atoms with Gasteiger partial charge in [0, 0.05) is 6.04 Å². The molecule has 0 aliphatic carbocycles. The molecule has 0 heterocycles. The largest absolute Gasteiger partial charge is 0.313 e. The zero-order valence-corrected chi connectivity index (χ0v) is 13.2. The number of hydrogen-bond acceptors (Lipinski definition) is 3. The quantitative estimate of drug-likeness (QED) is 0.836. The van der Waals surface area contributed by atoms with Gasteiger partial charge >= 0.3 is 0 Å². The predicted octanol–water partition coefficient (Wildman–Crippen LogP) is 2.61. The highest BCUT2D eigenvalue weighted by atomic mass is 32.2. The molecule has 0 amide bonds. The number of hydrogen-bond donors (Lipinski definition) is 1. The molecule has 1 aromatic rings. The van der Waals surface area contributed by atoms with E-state index in [4.69, 9.17) is 0 Å². The SMILES string of the molecule is CCCNC(C)CS(=O)(=O)Cc1cc(C)cc(C)c1. The second kappa shape index (κ2) is 7.06. The van der Waals surface area contributed by atoms with Crippen molar-refractivity contribution in [2.45, 2.75) is 45.9 Å². The first-order chi connectivity index (χ1) is 8.82. The molecule has 4 heteroatoms. The summed E-state index contributed by atoms with van der Waals surface area (Å²) >= 11 is 0. The van der Waals surface area contributed by atoms with E-state index in [1.54, 1.807) is 0 Å². The summed E-state index contributed by atoms with van der Waals surface area (Å²) in [5.74, 6) is 0.327. The van der Waals surface area contributed by atoms with Crippen molar-refractivity contribution in [3.8, 4) is 0 Å². The standard InChI is InChI=1S/C15H25NO2S/c1-5-6-16-14(4)10-19(17,18)11-15-8-12(2)7-13(3)9-15/h7-9,14,16H,5-6,10-11H2,1-4H3. The zero-order valence-electron chi connectivity index (χ0n) is 12.4. The highest BCUT2D eigenvalue weighted by molar-refractivity contribution is 7.90. The molecule has 108 valence electrons. The van der Waals surface area contributed by atoms with Gasteiger partial charge in [0.2, 0.25) is 0 Å². The molecule has 0 spiro atoms. The average molecular weight is 283 g/mol. The molecule has 1 unspecified atom stereocenters. The Kier molecular flexibility index (Phi) is 6.01. The third-order valence-electron chi connectivity index (χ3n) is 2.91. The molecule has 19 heavy (non-hydrogen) atoms. The van der Waals surface area contributed by atoms with E-state index < -0.39 is 9.84 Å². The summed E-state index contributed by atoms with van der Waals surface area (Å²) in [7, 11) is -3.06. The third kappa shape index (κ3) is 6.21. The van der Waals surface area contributed by atoms with E-state index in [9.17, 15) is 8.42 Å². The summed E-state index contributed by atoms with van der Waals surface area (Å²) < 4.78 is 24.3. The maximum absolute atomic E-state index is 12.2. The van der Waals surface area contributed by atoms with E-state index in [1.165, 1.54) is 0 Å². The van der Waals surface area contributed by atoms with Crippen molar-refractivity contribution in [2.75, 3.05) is 12.3 Å². The Hall–Kier alpha value is -0.870. The lowest BCUT2D eigenvalue weighted by Crippen LogP contribution is -2.33.